The fourth-order valence-corrected chi connectivity index (χ4v) is 9.92. The summed E-state index contributed by atoms with van der Waals surface area (Å²) in [5.41, 5.74) is 8.62. The summed E-state index contributed by atoms with van der Waals surface area (Å²) in [4.78, 5) is 13.4. The van der Waals surface area contributed by atoms with Crippen molar-refractivity contribution in [2.24, 2.45) is 40.9 Å². The van der Waals surface area contributed by atoms with Crippen molar-refractivity contribution in [1.29, 1.82) is 0 Å². The number of nitrogens with one attached hydrogen (secondary N) is 2. The minimum atomic E-state index is -4.40. The van der Waals surface area contributed by atoms with E-state index in [-0.39, 0.29) is 71.6 Å². The minimum Gasteiger partial charge on any atom is -0.491 e. The molecular formula is C53H60N10O15S4. The predicted molar refractivity (Wildman–Crippen MR) is 308 cm³/mol. The Hall–Kier alpha value is -7.77. The van der Waals surface area contributed by atoms with Crippen LogP contribution in [0.2, 0.25) is 0 Å². The van der Waals surface area contributed by atoms with Gasteiger partial charge in [0.05, 0.1) is 91.4 Å². The maximum absolute atomic E-state index is 14.0. The summed E-state index contributed by atoms with van der Waals surface area (Å²) < 4.78 is 141. The Kier molecular flexibility index (Phi) is 20.8. The zero-order valence-corrected chi connectivity index (χ0v) is 49.0. The fourth-order valence-electron chi connectivity index (χ4n) is 7.65. The fraction of sp³-hybridized carbons (Fsp3) is 0.302. The monoisotopic (exact) mass is 1200 g/mol. The van der Waals surface area contributed by atoms with E-state index in [1.807, 2.05) is 0 Å². The molecule has 25 nitrogen and oxygen atoms in total. The van der Waals surface area contributed by atoms with Gasteiger partial charge in [-0.3, -0.25) is 18.2 Å². The maximum atomic E-state index is 14.0. The summed E-state index contributed by atoms with van der Waals surface area (Å²) in [7, 11) is -17.2. The van der Waals surface area contributed by atoms with Crippen LogP contribution < -0.4 is 20.1 Å². The third kappa shape index (κ3) is 18.6. The second kappa shape index (κ2) is 26.9. The minimum absolute atomic E-state index is 0.0260. The van der Waals surface area contributed by atoms with Gasteiger partial charge in [-0.15, -0.1) is 0 Å². The van der Waals surface area contributed by atoms with E-state index < -0.39 is 58.0 Å². The van der Waals surface area contributed by atoms with Crippen LogP contribution in [0.3, 0.4) is 0 Å². The van der Waals surface area contributed by atoms with Crippen LogP contribution in [0.1, 0.15) is 70.2 Å². The number of nitrogens with zero attached hydrogens (tertiary/aromatic N) is 8. The first-order valence-corrected chi connectivity index (χ1v) is 31.0. The van der Waals surface area contributed by atoms with Crippen molar-refractivity contribution in [3.63, 3.8) is 0 Å². The number of aryl methyl sites for hydroxylation is 8. The molecule has 0 fully saturated rings. The number of hydrogen-bond donors (Lipinski definition) is 6. The van der Waals surface area contributed by atoms with Crippen LogP contribution in [0.25, 0.3) is 0 Å². The first kappa shape index (κ1) is 63.4. The molecule has 0 aliphatic rings. The molecule has 0 atom stereocenters. The lowest BCUT2D eigenvalue weighted by molar-refractivity contribution is 0.261. The second-order valence-electron chi connectivity index (χ2n) is 19.0. The number of carbonyl (C=O) groups excluding carboxylic acids is 1. The number of anilines is 2. The molecule has 0 saturated carbocycles. The van der Waals surface area contributed by atoms with E-state index in [2.05, 4.69) is 51.5 Å². The summed E-state index contributed by atoms with van der Waals surface area (Å²) in [6.45, 7) is 13.9. The molecule has 0 heterocycles. The zero-order chi connectivity index (χ0) is 60.3. The van der Waals surface area contributed by atoms with E-state index in [1.165, 1.54) is 36.4 Å². The molecule has 82 heavy (non-hydrogen) atoms. The number of carbonyl (C=O) groups is 1. The molecule has 0 bridgehead atoms. The van der Waals surface area contributed by atoms with Crippen molar-refractivity contribution in [1.82, 2.24) is 0 Å². The van der Waals surface area contributed by atoms with E-state index in [0.717, 1.165) is 0 Å². The smallest absolute Gasteiger partial charge is 0.323 e. The summed E-state index contributed by atoms with van der Waals surface area (Å²) in [6.07, 6.45) is 0.560. The van der Waals surface area contributed by atoms with Gasteiger partial charge >= 0.3 is 6.03 Å². The van der Waals surface area contributed by atoms with Gasteiger partial charge in [0, 0.05) is 12.1 Å². The van der Waals surface area contributed by atoms with Crippen LogP contribution in [0.4, 0.5) is 61.7 Å². The molecule has 0 aliphatic heterocycles. The summed E-state index contributed by atoms with van der Waals surface area (Å²) in [5.74, 6) is -0.710. The molecule has 0 spiro atoms. The van der Waals surface area contributed by atoms with E-state index in [4.69, 9.17) is 9.47 Å². The molecule has 436 valence electrons. The van der Waals surface area contributed by atoms with Crippen molar-refractivity contribution in [2.45, 2.75) is 90.9 Å². The van der Waals surface area contributed by atoms with Crippen molar-refractivity contribution in [3.8, 4) is 11.5 Å². The summed E-state index contributed by atoms with van der Waals surface area (Å²) >= 11 is 0. The van der Waals surface area contributed by atoms with Crippen LogP contribution in [0, 0.1) is 55.4 Å². The number of amides is 2. The molecular weight excluding hydrogens is 1140 g/mol. The lowest BCUT2D eigenvalue weighted by atomic mass is 10.1. The highest BCUT2D eigenvalue weighted by Crippen LogP contribution is 2.39. The van der Waals surface area contributed by atoms with Crippen LogP contribution in [0.5, 0.6) is 11.5 Å². The Balaban J connectivity index is 1.24. The van der Waals surface area contributed by atoms with Crippen molar-refractivity contribution >= 4 is 103 Å². The Morgan fingerprint density at radius 1 is 0.378 bits per heavy atom. The lowest BCUT2D eigenvalue weighted by Crippen LogP contribution is -2.21. The first-order chi connectivity index (χ1) is 38.3. The normalized spacial score (nSPS) is 12.5. The van der Waals surface area contributed by atoms with Gasteiger partial charge in [-0.1, -0.05) is 0 Å². The quantitative estimate of drug-likeness (QED) is 0.0186. The highest BCUT2D eigenvalue weighted by atomic mass is 32.2. The van der Waals surface area contributed by atoms with Gasteiger partial charge in [0.15, 0.2) is 0 Å². The molecule has 0 aromatic heterocycles. The van der Waals surface area contributed by atoms with Gasteiger partial charge < -0.3 is 20.1 Å². The van der Waals surface area contributed by atoms with Gasteiger partial charge in [0.25, 0.3) is 40.5 Å². The standard InChI is InChI=1S/C53H60N10O15S4/c1-31-21-39(81(71,72)73)13-15-41(31)56-58-43-23-35(5)45(25-33(43)3)60-62-47-29-51(77-17-9-11-19-79(65,66)67)49(27-37(47)7)54-53(64)55-50-28-38(8)48(30-52(50)78-18-10-12-20-80(68,69)70)63-61-46-26-34(4)44(24-36(46)6)59-57-42-16-14-40(22-32(42)2)82(74,75)76/h13-16,21-30H,9-12,17-20H2,1-8H3,(H2,54,55,64)(H,65,66,67)(H,68,69,70)(H,71,72,73)(H,74,75,76). The highest BCUT2D eigenvalue weighted by Gasteiger charge is 2.19. The third-order valence-electron chi connectivity index (χ3n) is 12.2. The Morgan fingerprint density at radius 2 is 0.646 bits per heavy atom. The molecule has 0 saturated heterocycles. The molecule has 0 unspecified atom stereocenters. The SMILES string of the molecule is Cc1cc(S(=O)(=O)O)ccc1N=Nc1cc(C)c(N=Nc2cc(OCCCCS(=O)(=O)O)c(NC(=O)Nc3cc(C)c(N=Nc4cc(C)c(N=Nc5ccc(S(=O)(=O)O)cc5C)cc4C)cc3OCCCCS(=O)(=O)O)cc2C)cc1C. The third-order valence-corrected chi connectivity index (χ3v) is 15.5. The Labute approximate surface area is 475 Å². The van der Waals surface area contributed by atoms with Crippen molar-refractivity contribution in [3.05, 3.63) is 129 Å². The van der Waals surface area contributed by atoms with Crippen LogP contribution in [-0.4, -0.2) is 82.6 Å². The van der Waals surface area contributed by atoms with Gasteiger partial charge in [-0.05, 0) is 198 Å². The maximum Gasteiger partial charge on any atom is 0.323 e. The largest absolute Gasteiger partial charge is 0.491 e. The van der Waals surface area contributed by atoms with Crippen LogP contribution >= 0.6 is 0 Å². The topological polar surface area (TPSA) is 376 Å². The van der Waals surface area contributed by atoms with Gasteiger partial charge in [-0.2, -0.15) is 74.6 Å². The number of unbranched alkanes of at least 4 members (excludes halogenated alkanes) is 2. The number of ether oxygens (including phenoxy) is 2. The Morgan fingerprint density at radius 3 is 0.927 bits per heavy atom. The lowest BCUT2D eigenvalue weighted by Gasteiger charge is -2.17. The summed E-state index contributed by atoms with van der Waals surface area (Å²) in [6, 6.07) is 20.4. The molecule has 6 rings (SSSR count). The van der Waals surface area contributed by atoms with Crippen LogP contribution in [-0.2, 0) is 40.5 Å². The number of urea groups is 1. The van der Waals surface area contributed by atoms with E-state index in [0.29, 0.717) is 90.0 Å². The highest BCUT2D eigenvalue weighted by molar-refractivity contribution is 7.86. The number of azo groups is 4. The molecule has 2 amide bonds. The first-order valence-electron chi connectivity index (χ1n) is 24.9. The average molecular weight is 1210 g/mol. The molecule has 6 aromatic rings. The van der Waals surface area contributed by atoms with E-state index in [1.54, 1.807) is 104 Å². The molecule has 0 radical (unpaired) electrons. The predicted octanol–water partition coefficient (Wildman–Crippen LogP) is 14.0. The average Bonchev–Trinajstić information content (AvgIpc) is 3.55. The van der Waals surface area contributed by atoms with Crippen molar-refractivity contribution in [2.75, 3.05) is 35.4 Å². The zero-order valence-electron chi connectivity index (χ0n) is 45.7. The number of rotatable bonds is 24. The van der Waals surface area contributed by atoms with Gasteiger partial charge in [0.2, 0.25) is 0 Å². The molecule has 29 heteroatoms. The van der Waals surface area contributed by atoms with Gasteiger partial charge in [-0.25, -0.2) is 4.79 Å². The number of hydrogen-bond acceptors (Lipinski definition) is 19. The Bertz CT molecular complexity index is 3770. The van der Waals surface area contributed by atoms with Crippen molar-refractivity contribution < 1.29 is 66.2 Å². The summed E-state index contributed by atoms with van der Waals surface area (Å²) in [5, 5.41) is 40.8. The molecule has 0 aliphatic carbocycles. The number of benzene rings is 6. The molecule has 6 N–H and O–H groups in total. The van der Waals surface area contributed by atoms with E-state index >= 15 is 0 Å². The van der Waals surface area contributed by atoms with Crippen LogP contribution in [0.15, 0.2) is 136 Å². The second-order valence-corrected chi connectivity index (χ2v) is 25.0. The molecule has 6 aromatic carbocycles. The van der Waals surface area contributed by atoms with Gasteiger partial charge in [0.1, 0.15) is 11.5 Å². The van der Waals surface area contributed by atoms with E-state index in [9.17, 15) is 56.7 Å².